The van der Waals surface area contributed by atoms with E-state index in [0.29, 0.717) is 6.04 Å². The lowest BCUT2D eigenvalue weighted by atomic mass is 10.0. The molecular formula is C14H18FN. The number of halogens is 1. The lowest BCUT2D eigenvalue weighted by molar-refractivity contribution is 0.521. The van der Waals surface area contributed by atoms with E-state index in [-0.39, 0.29) is 5.82 Å². The fraction of sp³-hybridized carbons (Fsp3) is 0.429. The Kier molecular flexibility index (Phi) is 3.73. The van der Waals surface area contributed by atoms with Crippen LogP contribution in [0.5, 0.6) is 0 Å². The molecule has 1 unspecified atom stereocenters. The van der Waals surface area contributed by atoms with Crippen molar-refractivity contribution < 1.29 is 4.39 Å². The molecule has 0 aromatic heterocycles. The van der Waals surface area contributed by atoms with Gasteiger partial charge in [0.05, 0.1) is 0 Å². The Balaban J connectivity index is 1.91. The second-order valence-corrected chi connectivity index (χ2v) is 4.43. The van der Waals surface area contributed by atoms with Crippen molar-refractivity contribution in [3.05, 3.63) is 47.3 Å². The van der Waals surface area contributed by atoms with Crippen molar-refractivity contribution >= 4 is 0 Å². The van der Waals surface area contributed by atoms with Crippen LogP contribution in [0.15, 0.2) is 30.4 Å². The Morgan fingerprint density at radius 1 is 1.44 bits per heavy atom. The quantitative estimate of drug-likeness (QED) is 0.769. The SMILES string of the molecule is Cc1cc(CNC2C=CCCC2)ccc1F. The molecule has 16 heavy (non-hydrogen) atoms. The first kappa shape index (κ1) is 11.3. The topological polar surface area (TPSA) is 12.0 Å². The molecule has 0 fully saturated rings. The van der Waals surface area contributed by atoms with Crippen LogP contribution in [0.1, 0.15) is 30.4 Å². The van der Waals surface area contributed by atoms with Gasteiger partial charge in [0, 0.05) is 12.6 Å². The first-order valence-corrected chi connectivity index (χ1v) is 5.91. The van der Waals surface area contributed by atoms with Crippen molar-refractivity contribution in [1.82, 2.24) is 5.32 Å². The molecule has 1 nitrogen and oxygen atoms in total. The standard InChI is InChI=1S/C14H18FN/c1-11-9-12(7-8-14(11)15)10-16-13-5-3-2-4-6-13/h3,5,7-9,13,16H,2,4,6,10H2,1H3. The molecule has 86 valence electrons. The highest BCUT2D eigenvalue weighted by Crippen LogP contribution is 2.12. The first-order valence-electron chi connectivity index (χ1n) is 5.91. The van der Waals surface area contributed by atoms with E-state index in [0.717, 1.165) is 17.7 Å². The van der Waals surface area contributed by atoms with E-state index in [1.807, 2.05) is 12.1 Å². The number of hydrogen-bond acceptors (Lipinski definition) is 1. The summed E-state index contributed by atoms with van der Waals surface area (Å²) in [6.07, 6.45) is 8.14. The van der Waals surface area contributed by atoms with E-state index >= 15 is 0 Å². The van der Waals surface area contributed by atoms with Crippen LogP contribution in [0.3, 0.4) is 0 Å². The van der Waals surface area contributed by atoms with E-state index in [1.165, 1.54) is 19.3 Å². The molecule has 1 aromatic rings. The normalized spacial score (nSPS) is 20.0. The minimum atomic E-state index is -0.124. The van der Waals surface area contributed by atoms with Gasteiger partial charge in [-0.25, -0.2) is 4.39 Å². The van der Waals surface area contributed by atoms with Gasteiger partial charge in [0.1, 0.15) is 5.82 Å². The minimum absolute atomic E-state index is 0.124. The maximum absolute atomic E-state index is 13.1. The van der Waals surface area contributed by atoms with E-state index in [2.05, 4.69) is 17.5 Å². The Labute approximate surface area is 96.4 Å². The summed E-state index contributed by atoms with van der Waals surface area (Å²) in [7, 11) is 0. The van der Waals surface area contributed by atoms with Crippen molar-refractivity contribution in [2.24, 2.45) is 0 Å². The fourth-order valence-electron chi connectivity index (χ4n) is 2.05. The van der Waals surface area contributed by atoms with Gasteiger partial charge in [-0.15, -0.1) is 0 Å². The molecule has 1 aliphatic rings. The van der Waals surface area contributed by atoms with Crippen LogP contribution in [0.2, 0.25) is 0 Å². The summed E-state index contributed by atoms with van der Waals surface area (Å²) < 4.78 is 13.1. The largest absolute Gasteiger partial charge is 0.306 e. The summed E-state index contributed by atoms with van der Waals surface area (Å²) in [6, 6.07) is 5.79. The van der Waals surface area contributed by atoms with Crippen molar-refractivity contribution in [1.29, 1.82) is 0 Å². The van der Waals surface area contributed by atoms with Gasteiger partial charge in [-0.3, -0.25) is 0 Å². The number of rotatable bonds is 3. The van der Waals surface area contributed by atoms with Gasteiger partial charge in [0.15, 0.2) is 0 Å². The fourth-order valence-corrected chi connectivity index (χ4v) is 2.05. The van der Waals surface area contributed by atoms with Gasteiger partial charge in [-0.2, -0.15) is 0 Å². The van der Waals surface area contributed by atoms with Gasteiger partial charge < -0.3 is 5.32 Å². The molecule has 0 heterocycles. The lowest BCUT2D eigenvalue weighted by Crippen LogP contribution is -2.27. The van der Waals surface area contributed by atoms with Crippen LogP contribution in [0.4, 0.5) is 4.39 Å². The van der Waals surface area contributed by atoms with Crippen molar-refractivity contribution in [2.45, 2.75) is 38.8 Å². The first-order chi connectivity index (χ1) is 7.75. The minimum Gasteiger partial charge on any atom is -0.306 e. The molecule has 0 radical (unpaired) electrons. The molecule has 0 saturated carbocycles. The highest BCUT2D eigenvalue weighted by Gasteiger charge is 2.07. The molecule has 0 amide bonds. The number of nitrogens with one attached hydrogen (secondary N) is 1. The molecule has 1 aromatic carbocycles. The Bertz CT molecular complexity index is 384. The summed E-state index contributed by atoms with van der Waals surface area (Å²) in [5.41, 5.74) is 1.87. The highest BCUT2D eigenvalue weighted by atomic mass is 19.1. The van der Waals surface area contributed by atoms with Gasteiger partial charge >= 0.3 is 0 Å². The van der Waals surface area contributed by atoms with Crippen molar-refractivity contribution in [3.8, 4) is 0 Å². The average Bonchev–Trinajstić information content (AvgIpc) is 2.32. The third-order valence-corrected chi connectivity index (χ3v) is 3.05. The average molecular weight is 219 g/mol. The monoisotopic (exact) mass is 219 g/mol. The summed E-state index contributed by atoms with van der Waals surface area (Å²) in [5.74, 6) is -0.124. The zero-order valence-corrected chi connectivity index (χ0v) is 9.67. The summed E-state index contributed by atoms with van der Waals surface area (Å²) in [6.45, 7) is 2.62. The summed E-state index contributed by atoms with van der Waals surface area (Å²) in [4.78, 5) is 0. The van der Waals surface area contributed by atoms with Gasteiger partial charge in [0.2, 0.25) is 0 Å². The summed E-state index contributed by atoms with van der Waals surface area (Å²) >= 11 is 0. The van der Waals surface area contributed by atoms with E-state index in [4.69, 9.17) is 0 Å². The molecule has 2 rings (SSSR count). The van der Waals surface area contributed by atoms with Crippen LogP contribution in [0.25, 0.3) is 0 Å². The smallest absolute Gasteiger partial charge is 0.126 e. The second kappa shape index (κ2) is 5.26. The summed E-state index contributed by atoms with van der Waals surface area (Å²) in [5, 5.41) is 3.48. The van der Waals surface area contributed by atoms with Crippen LogP contribution < -0.4 is 5.32 Å². The molecule has 0 saturated heterocycles. The molecular weight excluding hydrogens is 201 g/mol. The third kappa shape index (κ3) is 2.92. The molecule has 1 N–H and O–H groups in total. The van der Waals surface area contributed by atoms with E-state index in [9.17, 15) is 4.39 Å². The van der Waals surface area contributed by atoms with E-state index < -0.39 is 0 Å². The predicted octanol–water partition coefficient (Wildman–Crippen LogP) is 3.33. The van der Waals surface area contributed by atoms with Gasteiger partial charge in [-0.1, -0.05) is 24.3 Å². The van der Waals surface area contributed by atoms with Crippen LogP contribution in [-0.2, 0) is 6.54 Å². The second-order valence-electron chi connectivity index (χ2n) is 4.43. The maximum Gasteiger partial charge on any atom is 0.126 e. The van der Waals surface area contributed by atoms with Crippen molar-refractivity contribution in [2.75, 3.05) is 0 Å². The molecule has 1 atom stereocenters. The Morgan fingerprint density at radius 3 is 3.00 bits per heavy atom. The van der Waals surface area contributed by atoms with Crippen LogP contribution in [0, 0.1) is 12.7 Å². The molecule has 0 bridgehead atoms. The zero-order valence-electron chi connectivity index (χ0n) is 9.67. The highest BCUT2D eigenvalue weighted by molar-refractivity contribution is 5.23. The number of aryl methyl sites for hydroxylation is 1. The van der Waals surface area contributed by atoms with Crippen molar-refractivity contribution in [3.63, 3.8) is 0 Å². The number of hydrogen-bond donors (Lipinski definition) is 1. The zero-order chi connectivity index (χ0) is 11.4. The molecule has 0 spiro atoms. The Hall–Kier alpha value is -1.15. The molecule has 0 aliphatic heterocycles. The maximum atomic E-state index is 13.1. The molecule has 2 heteroatoms. The Morgan fingerprint density at radius 2 is 2.31 bits per heavy atom. The lowest BCUT2D eigenvalue weighted by Gasteiger charge is -2.18. The number of benzene rings is 1. The van der Waals surface area contributed by atoms with Gasteiger partial charge in [-0.05, 0) is 43.4 Å². The van der Waals surface area contributed by atoms with Crippen LogP contribution in [-0.4, -0.2) is 6.04 Å². The molecule has 1 aliphatic carbocycles. The van der Waals surface area contributed by atoms with E-state index in [1.54, 1.807) is 13.0 Å². The third-order valence-electron chi connectivity index (χ3n) is 3.05. The van der Waals surface area contributed by atoms with Gasteiger partial charge in [0.25, 0.3) is 0 Å². The van der Waals surface area contributed by atoms with Crippen LogP contribution >= 0.6 is 0 Å². The predicted molar refractivity (Wildman–Crippen MR) is 64.8 cm³/mol. The number of allylic oxidation sites excluding steroid dienone is 1.